The van der Waals surface area contributed by atoms with Gasteiger partial charge in [0.1, 0.15) is 17.6 Å². The van der Waals surface area contributed by atoms with E-state index in [4.69, 9.17) is 4.74 Å². The molecule has 0 saturated heterocycles. The van der Waals surface area contributed by atoms with Crippen molar-refractivity contribution in [3.63, 3.8) is 0 Å². The van der Waals surface area contributed by atoms with Crippen LogP contribution >= 0.6 is 11.3 Å². The van der Waals surface area contributed by atoms with Crippen LogP contribution in [0.25, 0.3) is 21.2 Å². The smallest absolute Gasteiger partial charge is 0.268 e. The van der Waals surface area contributed by atoms with Crippen LogP contribution in [-0.2, 0) is 4.79 Å². The first kappa shape index (κ1) is 21.9. The quantitative estimate of drug-likeness (QED) is 0.474. The Kier molecular flexibility index (Phi) is 6.02. The van der Waals surface area contributed by atoms with Crippen LogP contribution < -0.4 is 15.0 Å². The maximum absolute atomic E-state index is 13.2. The lowest BCUT2D eigenvalue weighted by atomic mass is 10.1. The molecule has 2 amide bonds. The highest BCUT2D eigenvalue weighted by molar-refractivity contribution is 7.21. The van der Waals surface area contributed by atoms with E-state index in [1.807, 2.05) is 12.1 Å². The number of amides is 2. The minimum absolute atomic E-state index is 0.187. The number of nitrogens with zero attached hydrogens (tertiary/aromatic N) is 4. The topological polar surface area (TPSA) is 108 Å². The average molecular weight is 458 g/mol. The molecule has 1 aromatic carbocycles. The number of anilines is 2. The number of ether oxygens (including phenoxy) is 1. The first-order valence-corrected chi connectivity index (χ1v) is 10.7. The second kappa shape index (κ2) is 9.06. The number of fused-ring (bicyclic) bond motifs is 1. The van der Waals surface area contributed by atoms with Crippen LogP contribution in [0.1, 0.15) is 22.2 Å². The van der Waals surface area contributed by atoms with E-state index in [9.17, 15) is 14.9 Å². The molecule has 4 rings (SSSR count). The minimum Gasteiger partial charge on any atom is -0.495 e. The largest absolute Gasteiger partial charge is 0.495 e. The molecule has 0 spiro atoms. The number of rotatable bonds is 5. The van der Waals surface area contributed by atoms with E-state index >= 15 is 0 Å². The predicted molar refractivity (Wildman–Crippen MR) is 128 cm³/mol. The summed E-state index contributed by atoms with van der Waals surface area (Å²) >= 11 is 1.35. The molecule has 3 heterocycles. The van der Waals surface area contributed by atoms with Crippen LogP contribution in [0.3, 0.4) is 0 Å². The highest BCUT2D eigenvalue weighted by Crippen LogP contribution is 2.34. The highest BCUT2D eigenvalue weighted by atomic mass is 32.1. The van der Waals surface area contributed by atoms with Crippen molar-refractivity contribution >= 4 is 44.7 Å². The van der Waals surface area contributed by atoms with Crippen LogP contribution in [0.4, 0.5) is 11.5 Å². The Hall–Kier alpha value is -4.29. The molecule has 3 aromatic heterocycles. The molecule has 164 valence electrons. The van der Waals surface area contributed by atoms with Crippen LogP contribution in [-0.4, -0.2) is 35.9 Å². The molecule has 0 radical (unpaired) electrons. The monoisotopic (exact) mass is 457 g/mol. The fraction of sp³-hybridized carbons (Fsp3) is 0.125. The third-order valence-electron chi connectivity index (χ3n) is 5.03. The third kappa shape index (κ3) is 4.37. The predicted octanol–water partition coefficient (Wildman–Crippen LogP) is 4.47. The number of pyridine rings is 2. The van der Waals surface area contributed by atoms with E-state index in [1.54, 1.807) is 49.9 Å². The molecular formula is C24H19N5O3S. The number of nitriles is 1. The number of methoxy groups -OCH3 is 1. The molecule has 0 fully saturated rings. The molecule has 0 bridgehead atoms. The molecule has 33 heavy (non-hydrogen) atoms. The van der Waals surface area contributed by atoms with Crippen LogP contribution in [0.15, 0.2) is 55.0 Å². The van der Waals surface area contributed by atoms with Gasteiger partial charge in [-0.2, -0.15) is 5.26 Å². The van der Waals surface area contributed by atoms with Gasteiger partial charge in [-0.25, -0.2) is 4.98 Å². The van der Waals surface area contributed by atoms with E-state index in [0.717, 1.165) is 21.2 Å². The van der Waals surface area contributed by atoms with Crippen molar-refractivity contribution in [2.45, 2.75) is 6.92 Å². The van der Waals surface area contributed by atoms with Gasteiger partial charge < -0.3 is 15.0 Å². The lowest BCUT2D eigenvalue weighted by Crippen LogP contribution is -2.25. The molecule has 0 aliphatic rings. The summed E-state index contributed by atoms with van der Waals surface area (Å²) in [4.78, 5) is 35.1. The van der Waals surface area contributed by atoms with E-state index < -0.39 is 0 Å². The van der Waals surface area contributed by atoms with Gasteiger partial charge in [0.25, 0.3) is 5.91 Å². The number of hydrogen-bond donors (Lipinski definition) is 1. The van der Waals surface area contributed by atoms with Gasteiger partial charge in [-0.05, 0) is 30.3 Å². The Morgan fingerprint density at radius 1 is 1.15 bits per heavy atom. The summed E-state index contributed by atoms with van der Waals surface area (Å²) < 4.78 is 6.13. The first-order chi connectivity index (χ1) is 15.9. The molecular weight excluding hydrogens is 438 g/mol. The lowest BCUT2D eigenvalue weighted by molar-refractivity contribution is -0.114. The fourth-order valence-electron chi connectivity index (χ4n) is 3.37. The minimum atomic E-state index is -0.191. The SMILES string of the molecule is COc1cc(N(C)C(=O)c2cc3c(-c4ccc(NC(C)=O)nc4)cncc3s2)ccc1C#N. The Morgan fingerprint density at radius 2 is 1.97 bits per heavy atom. The molecule has 0 atom stereocenters. The maximum atomic E-state index is 13.2. The number of carbonyl (C=O) groups excluding carboxylic acids is 2. The fourth-order valence-corrected chi connectivity index (χ4v) is 4.40. The summed E-state index contributed by atoms with van der Waals surface area (Å²) in [7, 11) is 3.16. The van der Waals surface area contributed by atoms with Crippen molar-refractivity contribution in [3.8, 4) is 22.9 Å². The summed E-state index contributed by atoms with van der Waals surface area (Å²) in [6.45, 7) is 1.43. The van der Waals surface area contributed by atoms with Gasteiger partial charge in [0.2, 0.25) is 5.91 Å². The number of nitrogens with one attached hydrogen (secondary N) is 1. The number of carbonyl (C=O) groups is 2. The summed E-state index contributed by atoms with van der Waals surface area (Å²) in [5, 5.41) is 12.7. The van der Waals surface area contributed by atoms with E-state index in [2.05, 4.69) is 21.4 Å². The lowest BCUT2D eigenvalue weighted by Gasteiger charge is -2.17. The molecule has 0 aliphatic heterocycles. The molecule has 1 N–H and O–H groups in total. The summed E-state index contributed by atoms with van der Waals surface area (Å²) in [5.41, 5.74) is 2.68. The number of thiophene rings is 1. The zero-order valence-electron chi connectivity index (χ0n) is 18.1. The Morgan fingerprint density at radius 3 is 2.64 bits per heavy atom. The Bertz CT molecular complexity index is 1410. The zero-order valence-corrected chi connectivity index (χ0v) is 18.9. The average Bonchev–Trinajstić information content (AvgIpc) is 3.27. The summed E-state index contributed by atoms with van der Waals surface area (Å²) in [5.74, 6) is 0.497. The number of benzene rings is 1. The van der Waals surface area contributed by atoms with Gasteiger partial charge in [-0.3, -0.25) is 14.6 Å². The van der Waals surface area contributed by atoms with Gasteiger partial charge in [0.15, 0.2) is 0 Å². The van der Waals surface area contributed by atoms with Gasteiger partial charge >= 0.3 is 0 Å². The molecule has 0 aliphatic carbocycles. The van der Waals surface area contributed by atoms with Crippen LogP contribution in [0.2, 0.25) is 0 Å². The zero-order chi connectivity index (χ0) is 23.5. The first-order valence-electron chi connectivity index (χ1n) is 9.89. The Balaban J connectivity index is 1.67. The highest BCUT2D eigenvalue weighted by Gasteiger charge is 2.19. The maximum Gasteiger partial charge on any atom is 0.268 e. The van der Waals surface area contributed by atoms with E-state index in [1.165, 1.54) is 30.3 Å². The van der Waals surface area contributed by atoms with Crippen molar-refractivity contribution in [2.75, 3.05) is 24.4 Å². The standard InChI is InChI=1S/C24H19N5O3S/c1-14(30)28-23-7-5-16(11-27-23)19-12-26-13-22-18(19)9-21(33-22)24(31)29(2)17-6-4-15(10-25)20(8-17)32-3/h4-9,11-13H,1-3H3,(H,27,28,30). The Labute approximate surface area is 194 Å². The molecule has 4 aromatic rings. The molecule has 0 saturated carbocycles. The van der Waals surface area contributed by atoms with Crippen molar-refractivity contribution in [3.05, 3.63) is 65.4 Å². The van der Waals surface area contributed by atoms with Crippen molar-refractivity contribution in [1.29, 1.82) is 5.26 Å². The van der Waals surface area contributed by atoms with Crippen molar-refractivity contribution in [1.82, 2.24) is 9.97 Å². The number of aromatic nitrogens is 2. The summed E-state index contributed by atoms with van der Waals surface area (Å²) in [6.07, 6.45) is 5.12. The summed E-state index contributed by atoms with van der Waals surface area (Å²) in [6, 6.07) is 12.5. The third-order valence-corrected chi connectivity index (χ3v) is 6.09. The second-order valence-corrected chi connectivity index (χ2v) is 8.27. The molecule has 8 nitrogen and oxygen atoms in total. The van der Waals surface area contributed by atoms with Crippen molar-refractivity contribution in [2.24, 2.45) is 0 Å². The molecule has 9 heteroatoms. The normalized spacial score (nSPS) is 10.5. The van der Waals surface area contributed by atoms with Crippen LogP contribution in [0, 0.1) is 11.3 Å². The van der Waals surface area contributed by atoms with Gasteiger partial charge in [0.05, 0.1) is 22.3 Å². The van der Waals surface area contributed by atoms with Gasteiger partial charge in [-0.15, -0.1) is 11.3 Å². The van der Waals surface area contributed by atoms with E-state index in [0.29, 0.717) is 27.7 Å². The van der Waals surface area contributed by atoms with Crippen LogP contribution in [0.5, 0.6) is 5.75 Å². The second-order valence-electron chi connectivity index (χ2n) is 7.18. The van der Waals surface area contributed by atoms with Gasteiger partial charge in [-0.1, -0.05) is 0 Å². The number of hydrogen-bond acceptors (Lipinski definition) is 7. The van der Waals surface area contributed by atoms with Gasteiger partial charge in [0, 0.05) is 60.8 Å². The molecule has 0 unspecified atom stereocenters. The van der Waals surface area contributed by atoms with E-state index in [-0.39, 0.29) is 11.8 Å². The van der Waals surface area contributed by atoms with Crippen molar-refractivity contribution < 1.29 is 14.3 Å².